The van der Waals surface area contributed by atoms with Gasteiger partial charge in [-0.1, -0.05) is 10.6 Å². The summed E-state index contributed by atoms with van der Waals surface area (Å²) in [6.07, 6.45) is 0. The van der Waals surface area contributed by atoms with E-state index in [1.807, 2.05) is 17.5 Å². The van der Waals surface area contributed by atoms with Crippen LogP contribution in [0.25, 0.3) is 10.6 Å². The third-order valence-corrected chi connectivity index (χ3v) is 3.04. The number of rotatable bonds is 2. The Morgan fingerprint density at radius 1 is 1.50 bits per heavy atom. The quantitative estimate of drug-likeness (QED) is 0.799. The van der Waals surface area contributed by atoms with Crippen molar-refractivity contribution in [2.24, 2.45) is 0 Å². The predicted octanol–water partition coefficient (Wildman–Crippen LogP) is 1.76. The summed E-state index contributed by atoms with van der Waals surface area (Å²) in [5.41, 5.74) is 0.817. The SMILES string of the molecule is OCc1snnc1-c1cccs1. The number of nitrogens with zero attached hydrogens (tertiary/aromatic N) is 2. The summed E-state index contributed by atoms with van der Waals surface area (Å²) in [6, 6.07) is 3.93. The van der Waals surface area contributed by atoms with E-state index in [0.717, 1.165) is 15.4 Å². The highest BCUT2D eigenvalue weighted by Gasteiger charge is 2.09. The molecular weight excluding hydrogens is 192 g/mol. The Morgan fingerprint density at radius 2 is 2.42 bits per heavy atom. The second kappa shape index (κ2) is 3.30. The van der Waals surface area contributed by atoms with Gasteiger partial charge in [-0.05, 0) is 23.0 Å². The zero-order valence-corrected chi connectivity index (χ0v) is 7.73. The molecule has 0 saturated carbocycles. The van der Waals surface area contributed by atoms with E-state index in [9.17, 15) is 0 Å². The summed E-state index contributed by atoms with van der Waals surface area (Å²) < 4.78 is 3.79. The highest BCUT2D eigenvalue weighted by molar-refractivity contribution is 7.14. The van der Waals surface area contributed by atoms with E-state index < -0.39 is 0 Å². The highest BCUT2D eigenvalue weighted by Crippen LogP contribution is 2.27. The van der Waals surface area contributed by atoms with Gasteiger partial charge in [-0.15, -0.1) is 16.4 Å². The van der Waals surface area contributed by atoms with E-state index in [1.165, 1.54) is 11.5 Å². The molecule has 0 aliphatic carbocycles. The van der Waals surface area contributed by atoms with Crippen LogP contribution in [0.5, 0.6) is 0 Å². The molecule has 2 rings (SSSR count). The molecule has 0 aliphatic rings. The Bertz CT molecular complexity index is 355. The molecule has 5 heteroatoms. The minimum Gasteiger partial charge on any atom is -0.391 e. The lowest BCUT2D eigenvalue weighted by atomic mass is 10.3. The normalized spacial score (nSPS) is 10.4. The van der Waals surface area contributed by atoms with Crippen LogP contribution in [0.1, 0.15) is 4.88 Å². The Balaban J connectivity index is 2.46. The largest absolute Gasteiger partial charge is 0.391 e. The van der Waals surface area contributed by atoms with Gasteiger partial charge in [0.05, 0.1) is 16.4 Å². The van der Waals surface area contributed by atoms with Crippen molar-refractivity contribution >= 4 is 22.9 Å². The van der Waals surface area contributed by atoms with Crippen LogP contribution in [0, 0.1) is 0 Å². The Labute approximate surface area is 77.5 Å². The first-order valence-corrected chi connectivity index (χ1v) is 5.03. The maximum Gasteiger partial charge on any atom is 0.121 e. The molecule has 3 nitrogen and oxygen atoms in total. The number of aromatic nitrogens is 2. The lowest BCUT2D eigenvalue weighted by Crippen LogP contribution is -1.81. The first kappa shape index (κ1) is 7.85. The molecule has 2 aromatic rings. The van der Waals surface area contributed by atoms with Gasteiger partial charge in [0, 0.05) is 0 Å². The Kier molecular flexibility index (Phi) is 2.16. The van der Waals surface area contributed by atoms with E-state index in [4.69, 9.17) is 5.11 Å². The van der Waals surface area contributed by atoms with E-state index in [1.54, 1.807) is 11.3 Å². The van der Waals surface area contributed by atoms with Crippen LogP contribution in [0.3, 0.4) is 0 Å². The fraction of sp³-hybridized carbons (Fsp3) is 0.143. The van der Waals surface area contributed by atoms with Gasteiger partial charge in [0.1, 0.15) is 5.69 Å². The Hall–Kier alpha value is -0.780. The summed E-state index contributed by atoms with van der Waals surface area (Å²) >= 11 is 2.85. The summed E-state index contributed by atoms with van der Waals surface area (Å²) in [6.45, 7) is 0.0187. The van der Waals surface area contributed by atoms with Crippen LogP contribution in [0.15, 0.2) is 17.5 Å². The van der Waals surface area contributed by atoms with Gasteiger partial charge in [0.15, 0.2) is 0 Å². The van der Waals surface area contributed by atoms with Crippen molar-refractivity contribution in [2.45, 2.75) is 6.61 Å². The average Bonchev–Trinajstić information content (AvgIpc) is 2.74. The van der Waals surface area contributed by atoms with Crippen LogP contribution in [-0.2, 0) is 6.61 Å². The zero-order valence-electron chi connectivity index (χ0n) is 6.10. The number of thiophene rings is 1. The van der Waals surface area contributed by atoms with Gasteiger partial charge < -0.3 is 5.11 Å². The highest BCUT2D eigenvalue weighted by atomic mass is 32.1. The second-order valence-electron chi connectivity index (χ2n) is 2.18. The molecule has 0 saturated heterocycles. The molecule has 1 N–H and O–H groups in total. The molecular formula is C7H6N2OS2. The van der Waals surface area contributed by atoms with E-state index in [0.29, 0.717) is 0 Å². The first-order valence-electron chi connectivity index (χ1n) is 3.38. The van der Waals surface area contributed by atoms with Crippen molar-refractivity contribution in [1.82, 2.24) is 9.59 Å². The minimum atomic E-state index is 0.0187. The van der Waals surface area contributed by atoms with Crippen LogP contribution >= 0.6 is 22.9 Å². The summed E-state index contributed by atoms with van der Waals surface area (Å²) in [5.74, 6) is 0. The molecule has 0 spiro atoms. The number of hydrogen-bond acceptors (Lipinski definition) is 5. The third-order valence-electron chi connectivity index (χ3n) is 1.45. The number of aliphatic hydroxyl groups excluding tert-OH is 1. The molecule has 0 fully saturated rings. The average molecular weight is 198 g/mol. The van der Waals surface area contributed by atoms with E-state index in [2.05, 4.69) is 9.59 Å². The number of aliphatic hydroxyl groups is 1. The van der Waals surface area contributed by atoms with E-state index in [-0.39, 0.29) is 6.61 Å². The van der Waals surface area contributed by atoms with Crippen LogP contribution in [0.4, 0.5) is 0 Å². The summed E-state index contributed by atoms with van der Waals surface area (Å²) in [7, 11) is 0. The van der Waals surface area contributed by atoms with Crippen molar-refractivity contribution < 1.29 is 5.11 Å². The fourth-order valence-electron chi connectivity index (χ4n) is 0.913. The third kappa shape index (κ3) is 1.26. The van der Waals surface area contributed by atoms with Crippen LogP contribution in [-0.4, -0.2) is 14.7 Å². The van der Waals surface area contributed by atoms with Gasteiger partial charge in [-0.3, -0.25) is 0 Å². The fourth-order valence-corrected chi connectivity index (χ4v) is 2.23. The molecule has 12 heavy (non-hydrogen) atoms. The molecule has 2 heterocycles. The molecule has 0 unspecified atom stereocenters. The van der Waals surface area contributed by atoms with Crippen molar-refractivity contribution in [3.05, 3.63) is 22.4 Å². The van der Waals surface area contributed by atoms with Crippen molar-refractivity contribution in [2.75, 3.05) is 0 Å². The molecule has 62 valence electrons. The molecule has 0 aromatic carbocycles. The van der Waals surface area contributed by atoms with Crippen LogP contribution < -0.4 is 0 Å². The van der Waals surface area contributed by atoms with Crippen LogP contribution in [0.2, 0.25) is 0 Å². The number of hydrogen-bond donors (Lipinski definition) is 1. The van der Waals surface area contributed by atoms with Gasteiger partial charge in [0.2, 0.25) is 0 Å². The molecule has 0 radical (unpaired) electrons. The predicted molar refractivity (Wildman–Crippen MR) is 49.1 cm³/mol. The van der Waals surface area contributed by atoms with Gasteiger partial charge in [-0.25, -0.2) is 0 Å². The molecule has 0 bridgehead atoms. The lowest BCUT2D eigenvalue weighted by Gasteiger charge is -1.91. The smallest absolute Gasteiger partial charge is 0.121 e. The van der Waals surface area contributed by atoms with Crippen molar-refractivity contribution in [3.63, 3.8) is 0 Å². The van der Waals surface area contributed by atoms with E-state index >= 15 is 0 Å². The first-order chi connectivity index (χ1) is 5.92. The molecule has 0 atom stereocenters. The van der Waals surface area contributed by atoms with Gasteiger partial charge in [0.25, 0.3) is 0 Å². The zero-order chi connectivity index (χ0) is 8.39. The maximum atomic E-state index is 8.94. The standard InChI is InChI=1S/C7H6N2OS2/c10-4-6-7(8-9-12-6)5-2-1-3-11-5/h1-3,10H,4H2. The maximum absolute atomic E-state index is 8.94. The molecule has 2 aromatic heterocycles. The second-order valence-corrected chi connectivity index (χ2v) is 3.97. The monoisotopic (exact) mass is 198 g/mol. The topological polar surface area (TPSA) is 46.0 Å². The minimum absolute atomic E-state index is 0.0187. The lowest BCUT2D eigenvalue weighted by molar-refractivity contribution is 0.286. The van der Waals surface area contributed by atoms with Gasteiger partial charge in [-0.2, -0.15) is 0 Å². The summed E-state index contributed by atoms with van der Waals surface area (Å²) in [5, 5.41) is 14.9. The summed E-state index contributed by atoms with van der Waals surface area (Å²) in [4.78, 5) is 1.89. The van der Waals surface area contributed by atoms with Gasteiger partial charge >= 0.3 is 0 Å². The molecule has 0 aliphatic heterocycles. The Morgan fingerprint density at radius 3 is 3.08 bits per heavy atom. The molecule has 0 amide bonds. The van der Waals surface area contributed by atoms with Crippen molar-refractivity contribution in [3.8, 4) is 10.6 Å². The van der Waals surface area contributed by atoms with Crippen molar-refractivity contribution in [1.29, 1.82) is 0 Å².